The molecule has 29 heavy (non-hydrogen) atoms. The molecule has 8 atom stereocenters. The summed E-state index contributed by atoms with van der Waals surface area (Å²) in [5, 5.41) is 12.1. The third kappa shape index (κ3) is 3.32. The van der Waals surface area contributed by atoms with Gasteiger partial charge in [-0.15, -0.1) is 0 Å². The molecule has 4 aliphatic rings. The van der Waals surface area contributed by atoms with Gasteiger partial charge in [0.05, 0.1) is 11.9 Å². The van der Waals surface area contributed by atoms with Crippen molar-refractivity contribution in [3.63, 3.8) is 0 Å². The van der Waals surface area contributed by atoms with Crippen LogP contribution in [0.5, 0.6) is 0 Å². The second-order valence-corrected chi connectivity index (χ2v) is 12.9. The largest absolute Gasteiger partial charge is 0.389 e. The van der Waals surface area contributed by atoms with Crippen LogP contribution in [0.25, 0.3) is 0 Å². The smallest absolute Gasteiger partial charge is 0.264 e. The summed E-state index contributed by atoms with van der Waals surface area (Å²) in [6.45, 7) is 6.53. The lowest BCUT2D eigenvalue weighted by Crippen LogP contribution is -2.62. The van der Waals surface area contributed by atoms with Crippen LogP contribution in [0, 0.1) is 40.4 Å². The maximum absolute atomic E-state index is 12.9. The van der Waals surface area contributed by atoms with Gasteiger partial charge in [-0.1, -0.05) is 27.2 Å². The summed E-state index contributed by atoms with van der Waals surface area (Å²) in [5.74, 6) is 1.88. The molecule has 0 bridgehead atoms. The zero-order chi connectivity index (χ0) is 21.2. The molecular weight excluding hydrogens is 388 g/mol. The molecule has 4 rings (SSSR count). The van der Waals surface area contributed by atoms with Gasteiger partial charge in [0.1, 0.15) is 6.61 Å². The van der Waals surface area contributed by atoms with Crippen LogP contribution in [0.1, 0.15) is 78.6 Å². The van der Waals surface area contributed by atoms with Gasteiger partial charge >= 0.3 is 0 Å². The molecule has 0 aromatic carbocycles. The van der Waals surface area contributed by atoms with Crippen LogP contribution < -0.4 is 0 Å². The van der Waals surface area contributed by atoms with E-state index in [4.69, 9.17) is 4.18 Å². The Bertz CT molecular complexity index is 778. The Kier molecular flexibility index (Phi) is 5.27. The van der Waals surface area contributed by atoms with Gasteiger partial charge in [-0.05, 0) is 80.5 Å². The summed E-state index contributed by atoms with van der Waals surface area (Å²) in [6.07, 6.45) is 10.3. The first-order valence-electron chi connectivity index (χ1n) is 11.5. The lowest BCUT2D eigenvalue weighted by Gasteiger charge is -2.63. The van der Waals surface area contributed by atoms with E-state index in [9.17, 15) is 18.3 Å². The molecular formula is C23H38O5S. The minimum Gasteiger partial charge on any atom is -0.389 e. The highest BCUT2D eigenvalue weighted by molar-refractivity contribution is 7.86. The standard InChI is InChI=1S/C23H38O5S/c1-15-7-10-21(2)16(13-15)5-6-18-17(21)8-11-22(3)19(9-12-23(18,22)25)20(24)14-28-29(4,26)27/h15-19,25H,5-14H2,1-4H3/t15-,16+,17?,18?,19+,21-,22+,23-/m0/s1. The second kappa shape index (κ2) is 7.03. The van der Waals surface area contributed by atoms with Crippen molar-refractivity contribution in [2.75, 3.05) is 12.9 Å². The van der Waals surface area contributed by atoms with E-state index in [-0.39, 0.29) is 17.6 Å². The SMILES string of the molecule is C[C@H]1CC[C@]2(C)C3CC[C@]4(C)[C@@H](C(=O)COS(C)(=O)=O)CC[C@]4(O)C3CC[C@@H]2C1. The average Bonchev–Trinajstić information content (AvgIpc) is 2.91. The summed E-state index contributed by atoms with van der Waals surface area (Å²) in [7, 11) is -3.64. The fraction of sp³-hybridized carbons (Fsp3) is 0.957. The van der Waals surface area contributed by atoms with Gasteiger partial charge in [0.2, 0.25) is 0 Å². The van der Waals surface area contributed by atoms with E-state index in [1.807, 2.05) is 0 Å². The number of rotatable bonds is 4. The van der Waals surface area contributed by atoms with E-state index in [0.717, 1.165) is 37.4 Å². The van der Waals surface area contributed by atoms with Gasteiger partial charge in [0.25, 0.3) is 10.1 Å². The number of carbonyl (C=O) groups is 1. The predicted octanol–water partition coefficient (Wildman–Crippen LogP) is 3.94. The molecule has 0 spiro atoms. The minimum atomic E-state index is -3.64. The first-order chi connectivity index (χ1) is 13.4. The Morgan fingerprint density at radius 3 is 2.45 bits per heavy atom. The van der Waals surface area contributed by atoms with Gasteiger partial charge < -0.3 is 5.11 Å². The number of carbonyl (C=O) groups excluding carboxylic acids is 1. The van der Waals surface area contributed by atoms with Crippen molar-refractivity contribution in [2.24, 2.45) is 40.4 Å². The monoisotopic (exact) mass is 426 g/mol. The predicted molar refractivity (Wildman–Crippen MR) is 112 cm³/mol. The third-order valence-electron chi connectivity index (χ3n) is 9.92. The van der Waals surface area contributed by atoms with Crippen LogP contribution in [0.4, 0.5) is 0 Å². The molecule has 0 aromatic rings. The number of Topliss-reactive ketones (excluding diaryl/α,β-unsaturated/α-hetero) is 1. The average molecular weight is 427 g/mol. The molecule has 0 radical (unpaired) electrons. The Hall–Kier alpha value is -0.460. The van der Waals surface area contributed by atoms with Gasteiger partial charge in [-0.2, -0.15) is 8.42 Å². The van der Waals surface area contributed by atoms with Gasteiger partial charge in [-0.25, -0.2) is 0 Å². The van der Waals surface area contributed by atoms with E-state index >= 15 is 0 Å². The zero-order valence-corrected chi connectivity index (χ0v) is 19.3. The fourth-order valence-electron chi connectivity index (χ4n) is 8.22. The van der Waals surface area contributed by atoms with Crippen LogP contribution in [0.3, 0.4) is 0 Å². The van der Waals surface area contributed by atoms with E-state index in [2.05, 4.69) is 20.8 Å². The van der Waals surface area contributed by atoms with Crippen molar-refractivity contribution in [3.8, 4) is 0 Å². The Balaban J connectivity index is 1.57. The molecule has 6 heteroatoms. The maximum atomic E-state index is 12.9. The summed E-state index contributed by atoms with van der Waals surface area (Å²) in [6, 6.07) is 0. The van der Waals surface area contributed by atoms with Crippen molar-refractivity contribution in [2.45, 2.75) is 84.2 Å². The molecule has 0 heterocycles. The molecule has 4 saturated carbocycles. The van der Waals surface area contributed by atoms with E-state index in [1.54, 1.807) is 0 Å². The van der Waals surface area contributed by atoms with Crippen molar-refractivity contribution in [1.82, 2.24) is 0 Å². The van der Waals surface area contributed by atoms with Crippen LogP contribution in [0.15, 0.2) is 0 Å². The summed E-state index contributed by atoms with van der Waals surface area (Å²) in [4.78, 5) is 12.9. The van der Waals surface area contributed by atoms with E-state index < -0.39 is 27.7 Å². The fourth-order valence-corrected chi connectivity index (χ4v) is 8.55. The highest BCUT2D eigenvalue weighted by Crippen LogP contribution is 2.69. The van der Waals surface area contributed by atoms with Crippen LogP contribution in [-0.4, -0.2) is 37.8 Å². The van der Waals surface area contributed by atoms with Crippen molar-refractivity contribution in [3.05, 3.63) is 0 Å². The molecule has 2 unspecified atom stereocenters. The lowest BCUT2D eigenvalue weighted by molar-refractivity contribution is -0.208. The molecule has 1 N–H and O–H groups in total. The molecule has 0 aliphatic heterocycles. The first kappa shape index (κ1) is 21.8. The quantitative estimate of drug-likeness (QED) is 0.689. The summed E-state index contributed by atoms with van der Waals surface area (Å²) >= 11 is 0. The van der Waals surface area contributed by atoms with E-state index in [0.29, 0.717) is 24.2 Å². The summed E-state index contributed by atoms with van der Waals surface area (Å²) < 4.78 is 27.5. The Morgan fingerprint density at radius 2 is 1.76 bits per heavy atom. The van der Waals surface area contributed by atoms with Crippen molar-refractivity contribution in [1.29, 1.82) is 0 Å². The number of ketones is 1. The molecule has 0 amide bonds. The van der Waals surface area contributed by atoms with Gasteiger partial charge in [0, 0.05) is 11.3 Å². The third-order valence-corrected chi connectivity index (χ3v) is 10.5. The van der Waals surface area contributed by atoms with Gasteiger partial charge in [0.15, 0.2) is 5.78 Å². The number of aliphatic hydroxyl groups is 1. The minimum absolute atomic E-state index is 0.168. The first-order valence-corrected chi connectivity index (χ1v) is 13.3. The molecule has 4 fully saturated rings. The second-order valence-electron chi connectivity index (χ2n) is 11.3. The molecule has 0 aromatic heterocycles. The number of fused-ring (bicyclic) bond motifs is 5. The highest BCUT2D eigenvalue weighted by atomic mass is 32.2. The normalized spacial score (nSPS) is 49.8. The molecule has 5 nitrogen and oxygen atoms in total. The number of hydrogen-bond donors (Lipinski definition) is 1. The molecule has 0 saturated heterocycles. The summed E-state index contributed by atoms with van der Waals surface area (Å²) in [5.41, 5.74) is -0.983. The van der Waals surface area contributed by atoms with E-state index in [1.165, 1.54) is 25.7 Å². The molecule has 166 valence electrons. The van der Waals surface area contributed by atoms with Crippen molar-refractivity contribution >= 4 is 15.9 Å². The highest BCUT2D eigenvalue weighted by Gasteiger charge is 2.68. The molecule has 4 aliphatic carbocycles. The van der Waals surface area contributed by atoms with Crippen LogP contribution >= 0.6 is 0 Å². The Labute approximate surface area is 176 Å². The topological polar surface area (TPSA) is 80.7 Å². The zero-order valence-electron chi connectivity index (χ0n) is 18.4. The van der Waals surface area contributed by atoms with Gasteiger partial charge in [-0.3, -0.25) is 8.98 Å². The lowest BCUT2D eigenvalue weighted by atomic mass is 9.43. The maximum Gasteiger partial charge on any atom is 0.264 e. The Morgan fingerprint density at radius 1 is 1.03 bits per heavy atom. The number of hydrogen-bond acceptors (Lipinski definition) is 5. The van der Waals surface area contributed by atoms with Crippen LogP contribution in [0.2, 0.25) is 0 Å². The van der Waals surface area contributed by atoms with Crippen LogP contribution in [-0.2, 0) is 19.1 Å². The van der Waals surface area contributed by atoms with Crippen molar-refractivity contribution < 1.29 is 22.5 Å².